The van der Waals surface area contributed by atoms with Crippen molar-refractivity contribution in [3.8, 4) is 11.3 Å². The molecule has 2 aromatic heterocycles. The van der Waals surface area contributed by atoms with E-state index in [9.17, 15) is 18.8 Å². The maximum Gasteiger partial charge on any atom is 0.311 e. The Labute approximate surface area is 257 Å². The van der Waals surface area contributed by atoms with Crippen LogP contribution in [-0.2, 0) is 19.7 Å². The molecule has 1 saturated heterocycles. The molecule has 44 heavy (non-hydrogen) atoms. The van der Waals surface area contributed by atoms with E-state index < -0.39 is 16.4 Å². The van der Waals surface area contributed by atoms with Crippen LogP contribution in [0, 0.1) is 16.6 Å². The summed E-state index contributed by atoms with van der Waals surface area (Å²) in [5.74, 6) is -0.512. The first kappa shape index (κ1) is 30.2. The van der Waals surface area contributed by atoms with Crippen LogP contribution >= 0.6 is 0 Å². The van der Waals surface area contributed by atoms with E-state index >= 15 is 0 Å². The third-order valence-electron chi connectivity index (χ3n) is 10.3. The van der Waals surface area contributed by atoms with Crippen LogP contribution in [0.3, 0.4) is 0 Å². The molecule has 2 amide bonds. The Morgan fingerprint density at radius 3 is 2.11 bits per heavy atom. The Morgan fingerprint density at radius 1 is 0.932 bits per heavy atom. The molecule has 4 aliphatic rings. The Morgan fingerprint density at radius 2 is 1.55 bits per heavy atom. The Hall–Kier alpha value is -3.82. The van der Waals surface area contributed by atoms with Gasteiger partial charge in [-0.3, -0.25) is 14.4 Å². The largest absolute Gasteiger partial charge is 0.469 e. The van der Waals surface area contributed by atoms with E-state index in [4.69, 9.17) is 14.8 Å². The number of carbonyl (C=O) groups is 3. The van der Waals surface area contributed by atoms with Crippen molar-refractivity contribution >= 4 is 23.4 Å². The van der Waals surface area contributed by atoms with E-state index in [-0.39, 0.29) is 29.0 Å². The number of carbonyl (C=O) groups excluding carboxylic acids is 3. The third-order valence-corrected chi connectivity index (χ3v) is 10.3. The summed E-state index contributed by atoms with van der Waals surface area (Å²) in [4.78, 5) is 49.0. The van der Waals surface area contributed by atoms with Crippen LogP contribution in [0.1, 0.15) is 89.2 Å². The second kappa shape index (κ2) is 10.4. The van der Waals surface area contributed by atoms with Gasteiger partial charge in [0, 0.05) is 36.2 Å². The van der Waals surface area contributed by atoms with Gasteiger partial charge in [-0.05, 0) is 88.1 Å². The van der Waals surface area contributed by atoms with Crippen LogP contribution in [0.25, 0.3) is 16.9 Å². The predicted octanol–water partition coefficient (Wildman–Crippen LogP) is 5.41. The van der Waals surface area contributed by atoms with Crippen molar-refractivity contribution < 1.29 is 23.5 Å². The first-order valence-electron chi connectivity index (χ1n) is 15.5. The molecule has 0 atom stereocenters. The van der Waals surface area contributed by atoms with Crippen LogP contribution in [0.5, 0.6) is 0 Å². The van der Waals surface area contributed by atoms with Gasteiger partial charge in [0.15, 0.2) is 5.65 Å². The minimum absolute atomic E-state index is 0.144. The van der Waals surface area contributed by atoms with Crippen molar-refractivity contribution in [2.45, 2.75) is 84.1 Å². The predicted molar refractivity (Wildman–Crippen MR) is 163 cm³/mol. The third kappa shape index (κ3) is 4.96. The maximum atomic E-state index is 14.0. The normalized spacial score (nSPS) is 24.9. The van der Waals surface area contributed by atoms with Gasteiger partial charge in [0.25, 0.3) is 5.91 Å². The van der Waals surface area contributed by atoms with Crippen LogP contribution in [0.2, 0.25) is 0 Å². The maximum absolute atomic E-state index is 14.0. The van der Waals surface area contributed by atoms with E-state index in [1.54, 1.807) is 22.8 Å². The number of hydrogen-bond acceptors (Lipinski definition) is 6. The number of benzene rings is 1. The molecule has 3 saturated carbocycles. The van der Waals surface area contributed by atoms with E-state index in [0.717, 1.165) is 11.1 Å². The van der Waals surface area contributed by atoms with Gasteiger partial charge in [0.05, 0.1) is 30.0 Å². The van der Waals surface area contributed by atoms with E-state index in [1.807, 2.05) is 29.7 Å². The number of methoxy groups -OCH3 is 1. The number of halogens is 1. The number of rotatable bonds is 4. The molecule has 4 fully saturated rings. The number of aromatic nitrogens is 3. The molecular weight excluding hydrogens is 561 g/mol. The Bertz CT molecular complexity index is 1610. The van der Waals surface area contributed by atoms with Crippen molar-refractivity contribution in [2.24, 2.45) is 10.8 Å². The highest BCUT2D eigenvalue weighted by atomic mass is 19.1. The average molecular weight is 604 g/mol. The summed E-state index contributed by atoms with van der Waals surface area (Å²) in [6.07, 6.45) is 5.84. The summed E-state index contributed by atoms with van der Waals surface area (Å²) < 4.78 is 20.3. The quantitative estimate of drug-likeness (QED) is 0.370. The van der Waals surface area contributed by atoms with Crippen molar-refractivity contribution in [3.63, 3.8) is 0 Å². The minimum Gasteiger partial charge on any atom is -0.469 e. The zero-order valence-electron chi connectivity index (χ0n) is 26.6. The van der Waals surface area contributed by atoms with Gasteiger partial charge < -0.3 is 14.5 Å². The van der Waals surface area contributed by atoms with Crippen LogP contribution < -0.4 is 0 Å². The highest BCUT2D eigenvalue weighted by Crippen LogP contribution is 2.58. The fourth-order valence-corrected chi connectivity index (χ4v) is 7.60. The number of esters is 1. The summed E-state index contributed by atoms with van der Waals surface area (Å²) in [6.45, 7) is 11.5. The zero-order chi connectivity index (χ0) is 31.7. The molecule has 7 rings (SSSR count). The summed E-state index contributed by atoms with van der Waals surface area (Å²) >= 11 is 0. The average Bonchev–Trinajstić information content (AvgIpc) is 3.44. The van der Waals surface area contributed by atoms with Crippen molar-refractivity contribution in [1.82, 2.24) is 24.4 Å². The minimum atomic E-state index is -0.615. The lowest BCUT2D eigenvalue weighted by atomic mass is 9.53. The molecule has 10 heteroatoms. The number of piperazine rings is 1. The molecule has 1 aromatic carbocycles. The van der Waals surface area contributed by atoms with Gasteiger partial charge in [-0.25, -0.2) is 13.9 Å². The first-order valence-corrected chi connectivity index (χ1v) is 15.5. The first-order chi connectivity index (χ1) is 20.7. The fraction of sp³-hybridized carbons (Fsp3) is 0.559. The monoisotopic (exact) mass is 603 g/mol. The second-order valence-electron chi connectivity index (χ2n) is 14.6. The SMILES string of the molecule is COC(=O)C12CCC(C(=O)N3CCN(C(=O)c4cn5nc(-c6ccc(F)cc6)cc(C(C)(C)C)c5n4)C(C)(C)C3)(CC1)CC2. The van der Waals surface area contributed by atoms with Crippen molar-refractivity contribution in [2.75, 3.05) is 26.7 Å². The fourth-order valence-electron chi connectivity index (χ4n) is 7.60. The van der Waals surface area contributed by atoms with Crippen LogP contribution in [0.4, 0.5) is 4.39 Å². The number of imidazole rings is 1. The van der Waals surface area contributed by atoms with Gasteiger partial charge in [-0.15, -0.1) is 0 Å². The Kier molecular flexibility index (Phi) is 7.13. The van der Waals surface area contributed by atoms with Gasteiger partial charge >= 0.3 is 5.97 Å². The smallest absolute Gasteiger partial charge is 0.311 e. The molecule has 0 unspecified atom stereocenters. The molecule has 3 aromatic rings. The van der Waals surface area contributed by atoms with Crippen LogP contribution in [-0.4, -0.2) is 74.5 Å². The van der Waals surface area contributed by atoms with E-state index in [0.29, 0.717) is 75.2 Å². The highest BCUT2D eigenvalue weighted by Gasteiger charge is 2.57. The number of fused-ring (bicyclic) bond motifs is 4. The zero-order valence-corrected chi connectivity index (χ0v) is 26.6. The highest BCUT2D eigenvalue weighted by molar-refractivity contribution is 5.94. The Balaban J connectivity index is 1.23. The second-order valence-corrected chi connectivity index (χ2v) is 14.6. The molecule has 3 aliphatic carbocycles. The van der Waals surface area contributed by atoms with Crippen molar-refractivity contribution in [1.29, 1.82) is 0 Å². The van der Waals surface area contributed by atoms with Gasteiger partial charge in [0.1, 0.15) is 11.5 Å². The summed E-state index contributed by atoms with van der Waals surface area (Å²) in [6, 6.07) is 8.16. The lowest BCUT2D eigenvalue weighted by Crippen LogP contribution is -2.64. The lowest BCUT2D eigenvalue weighted by molar-refractivity contribution is -0.171. The standard InChI is InChI=1S/C34H42FN5O4/c1-31(2,3)24-19-25(22-7-9-23(35)10-8-22)37-40-20-26(36-27(24)40)28(41)39-18-17-38(21-32(39,4)5)29(42)33-11-14-34(15-12-33,16-13-33)30(43)44-6/h7-10,19-20H,11-18,21H2,1-6H3. The summed E-state index contributed by atoms with van der Waals surface area (Å²) in [7, 11) is 1.44. The van der Waals surface area contributed by atoms with E-state index in [1.165, 1.54) is 19.2 Å². The topological polar surface area (TPSA) is 97.1 Å². The van der Waals surface area contributed by atoms with Gasteiger partial charge in [0.2, 0.25) is 5.91 Å². The summed E-state index contributed by atoms with van der Waals surface area (Å²) in [5, 5.41) is 4.74. The molecule has 0 spiro atoms. The molecule has 3 heterocycles. The molecule has 234 valence electrons. The molecular formula is C34H42FN5O4. The number of nitrogens with zero attached hydrogens (tertiary/aromatic N) is 5. The van der Waals surface area contributed by atoms with Crippen LogP contribution in [0.15, 0.2) is 36.5 Å². The molecule has 2 bridgehead atoms. The number of amides is 2. The summed E-state index contributed by atoms with van der Waals surface area (Å²) in [5.41, 5.74) is 1.50. The van der Waals surface area contributed by atoms with Gasteiger partial charge in [-0.1, -0.05) is 20.8 Å². The number of hydrogen-bond donors (Lipinski definition) is 0. The molecule has 0 N–H and O–H groups in total. The molecule has 0 radical (unpaired) electrons. The van der Waals surface area contributed by atoms with Crippen molar-refractivity contribution in [3.05, 3.63) is 53.6 Å². The molecule has 9 nitrogen and oxygen atoms in total. The lowest BCUT2D eigenvalue weighted by Gasteiger charge is -2.54. The van der Waals surface area contributed by atoms with E-state index in [2.05, 4.69) is 20.8 Å². The van der Waals surface area contributed by atoms with Gasteiger partial charge in [-0.2, -0.15) is 5.10 Å². The molecule has 1 aliphatic heterocycles. The number of ether oxygens (including phenoxy) is 1.